The van der Waals surface area contributed by atoms with Gasteiger partial charge in [0.2, 0.25) is 5.91 Å². The molecule has 3 N–H and O–H groups in total. The molecule has 0 radical (unpaired) electrons. The van der Waals surface area contributed by atoms with Gasteiger partial charge in [0, 0.05) is 26.6 Å². The van der Waals surface area contributed by atoms with Crippen molar-refractivity contribution in [3.05, 3.63) is 171 Å². The number of anilines is 2. The van der Waals surface area contributed by atoms with Crippen molar-refractivity contribution in [2.24, 2.45) is 0 Å². The van der Waals surface area contributed by atoms with E-state index >= 15 is 0 Å². The third kappa shape index (κ3) is 9.14. The molecule has 254 valence electrons. The molecule has 7 nitrogen and oxygen atoms in total. The van der Waals surface area contributed by atoms with E-state index in [1.807, 2.05) is 73.7 Å². The van der Waals surface area contributed by atoms with Crippen molar-refractivity contribution in [3.63, 3.8) is 0 Å². The predicted octanol–water partition coefficient (Wildman–Crippen LogP) is 10.3. The zero-order valence-electron chi connectivity index (χ0n) is 27.1. The summed E-state index contributed by atoms with van der Waals surface area (Å²) in [5, 5.41) is 9.05. The van der Waals surface area contributed by atoms with Crippen molar-refractivity contribution < 1.29 is 14.4 Å². The molecule has 1 unspecified atom stereocenters. The van der Waals surface area contributed by atoms with Gasteiger partial charge in [-0.15, -0.1) is 23.1 Å². The Labute approximate surface area is 313 Å². The maximum Gasteiger partial charge on any atom is 0.272 e. The van der Waals surface area contributed by atoms with Crippen LogP contribution in [0.3, 0.4) is 0 Å². The van der Waals surface area contributed by atoms with Crippen molar-refractivity contribution in [1.82, 2.24) is 10.3 Å². The minimum atomic E-state index is -0.632. The zero-order chi connectivity index (χ0) is 35.7. The maximum absolute atomic E-state index is 13.9. The number of aromatic nitrogens is 1. The molecule has 1 heterocycles. The molecule has 0 saturated carbocycles. The monoisotopic (exact) mass is 748 g/mol. The molecule has 51 heavy (non-hydrogen) atoms. The Morgan fingerprint density at radius 1 is 0.784 bits per heavy atom. The summed E-state index contributed by atoms with van der Waals surface area (Å²) in [4.78, 5) is 47.2. The van der Waals surface area contributed by atoms with Crippen LogP contribution in [0.15, 0.2) is 144 Å². The van der Waals surface area contributed by atoms with Crippen LogP contribution >= 0.6 is 46.3 Å². The first-order valence-corrected chi connectivity index (χ1v) is 18.2. The second-order valence-corrected chi connectivity index (χ2v) is 14.4. The number of thioether (sulfide) groups is 1. The summed E-state index contributed by atoms with van der Waals surface area (Å²) in [6.45, 7) is 1.98. The fourth-order valence-corrected chi connectivity index (χ4v) is 7.38. The topological polar surface area (TPSA) is 100 Å². The fourth-order valence-electron chi connectivity index (χ4n) is 5.10. The molecule has 1 aromatic heterocycles. The molecule has 0 saturated heterocycles. The first-order chi connectivity index (χ1) is 24.7. The number of hydrogen-bond acceptors (Lipinski definition) is 6. The minimum Gasteiger partial charge on any atom is -0.321 e. The van der Waals surface area contributed by atoms with E-state index < -0.39 is 17.1 Å². The van der Waals surface area contributed by atoms with Gasteiger partial charge in [-0.3, -0.25) is 14.4 Å². The molecule has 5 aromatic carbocycles. The Morgan fingerprint density at radius 2 is 1.45 bits per heavy atom. The van der Waals surface area contributed by atoms with Gasteiger partial charge in [-0.1, -0.05) is 120 Å². The number of nitrogens with zero attached hydrogens (tertiary/aromatic N) is 1. The number of nitrogens with one attached hydrogen (secondary N) is 3. The molecule has 1 atom stereocenters. The highest BCUT2D eigenvalue weighted by molar-refractivity contribution is 8.00. The molecule has 0 aliphatic rings. The van der Waals surface area contributed by atoms with E-state index in [1.165, 1.54) is 29.2 Å². The van der Waals surface area contributed by atoms with Crippen LogP contribution < -0.4 is 16.0 Å². The summed E-state index contributed by atoms with van der Waals surface area (Å²) in [7, 11) is 0. The third-order valence-electron chi connectivity index (χ3n) is 7.57. The van der Waals surface area contributed by atoms with E-state index in [-0.39, 0.29) is 16.6 Å². The number of aryl methyl sites for hydroxylation is 1. The van der Waals surface area contributed by atoms with Crippen LogP contribution in [-0.4, -0.2) is 22.7 Å². The maximum atomic E-state index is 13.9. The molecule has 6 aromatic rings. The van der Waals surface area contributed by atoms with Crippen molar-refractivity contribution in [2.45, 2.75) is 17.1 Å². The Balaban J connectivity index is 1.23. The van der Waals surface area contributed by atoms with Crippen LogP contribution in [0.2, 0.25) is 10.0 Å². The van der Waals surface area contributed by atoms with Crippen LogP contribution in [0.5, 0.6) is 0 Å². The molecule has 0 fully saturated rings. The minimum absolute atomic E-state index is 0.0405. The van der Waals surface area contributed by atoms with Crippen LogP contribution in [0.25, 0.3) is 17.3 Å². The van der Waals surface area contributed by atoms with Crippen molar-refractivity contribution in [1.29, 1.82) is 0 Å². The smallest absolute Gasteiger partial charge is 0.272 e. The number of hydrogen-bond donors (Lipinski definition) is 3. The first-order valence-electron chi connectivity index (χ1n) is 15.7. The van der Waals surface area contributed by atoms with Gasteiger partial charge in [0.15, 0.2) is 5.13 Å². The van der Waals surface area contributed by atoms with E-state index in [0.29, 0.717) is 27.0 Å². The average Bonchev–Trinajstić information content (AvgIpc) is 3.52. The zero-order valence-corrected chi connectivity index (χ0v) is 30.2. The number of amides is 3. The second-order valence-electron chi connectivity index (χ2n) is 11.2. The second kappa shape index (κ2) is 16.7. The number of carbonyl (C=O) groups is 3. The molecular weight excluding hydrogens is 720 g/mol. The van der Waals surface area contributed by atoms with Gasteiger partial charge in [-0.05, 0) is 60.5 Å². The predicted molar refractivity (Wildman–Crippen MR) is 209 cm³/mol. The lowest BCUT2D eigenvalue weighted by molar-refractivity contribution is -0.116. The van der Waals surface area contributed by atoms with Gasteiger partial charge in [0.1, 0.15) is 10.9 Å². The molecule has 3 amide bonds. The van der Waals surface area contributed by atoms with Gasteiger partial charge in [-0.25, -0.2) is 4.98 Å². The van der Waals surface area contributed by atoms with E-state index in [0.717, 1.165) is 26.6 Å². The van der Waals surface area contributed by atoms with Crippen molar-refractivity contribution in [3.8, 4) is 11.3 Å². The van der Waals surface area contributed by atoms with Crippen LogP contribution in [0.1, 0.15) is 31.6 Å². The summed E-state index contributed by atoms with van der Waals surface area (Å²) >= 11 is 15.4. The highest BCUT2D eigenvalue weighted by atomic mass is 35.5. The highest BCUT2D eigenvalue weighted by Crippen LogP contribution is 2.38. The molecule has 6 rings (SSSR count). The Morgan fingerprint density at radius 3 is 2.18 bits per heavy atom. The van der Waals surface area contributed by atoms with Crippen LogP contribution in [0.4, 0.5) is 10.8 Å². The third-order valence-corrected chi connectivity index (χ3v) is 10.5. The Bertz CT molecular complexity index is 2210. The van der Waals surface area contributed by atoms with E-state index in [9.17, 15) is 14.4 Å². The van der Waals surface area contributed by atoms with Gasteiger partial charge < -0.3 is 16.0 Å². The first kappa shape index (κ1) is 35.6. The molecule has 0 aliphatic carbocycles. The van der Waals surface area contributed by atoms with Gasteiger partial charge >= 0.3 is 0 Å². The highest BCUT2D eigenvalue weighted by Gasteiger charge is 2.24. The van der Waals surface area contributed by atoms with E-state index in [4.69, 9.17) is 28.2 Å². The van der Waals surface area contributed by atoms with Crippen LogP contribution in [0, 0.1) is 6.92 Å². The largest absolute Gasteiger partial charge is 0.321 e. The molecule has 0 bridgehead atoms. The normalized spacial score (nSPS) is 11.8. The number of halogens is 2. The number of carbonyl (C=O) groups excluding carboxylic acids is 3. The summed E-state index contributed by atoms with van der Waals surface area (Å²) in [6, 6.07) is 40.1. The average molecular weight is 750 g/mol. The molecule has 11 heteroatoms. The lowest BCUT2D eigenvalue weighted by Crippen LogP contribution is -2.30. The van der Waals surface area contributed by atoms with Crippen molar-refractivity contribution in [2.75, 3.05) is 10.6 Å². The Kier molecular flexibility index (Phi) is 11.7. The molecule has 0 aliphatic heterocycles. The van der Waals surface area contributed by atoms with Gasteiger partial charge in [-0.2, -0.15) is 0 Å². The molecular formula is C40H30Cl2N4O3S2. The lowest BCUT2D eigenvalue weighted by atomic mass is 10.1. The summed E-state index contributed by atoms with van der Waals surface area (Å²) in [5.74, 6) is -1.29. The Hall–Kier alpha value is -5.19. The number of rotatable bonds is 11. The SMILES string of the molecule is Cc1sc(NC(=O)C(Sc2cccc(NC(=O)/C(=C\c3cccc(Cl)c3Cl)NC(=O)c3ccccc3)c2)c2ccccc2)nc1-c1ccccc1. The lowest BCUT2D eigenvalue weighted by Gasteiger charge is -2.17. The fraction of sp³-hybridized carbons (Fsp3) is 0.0500. The van der Waals surface area contributed by atoms with Crippen molar-refractivity contribution >= 4 is 80.9 Å². The number of benzene rings is 5. The van der Waals surface area contributed by atoms with E-state index in [2.05, 4.69) is 16.0 Å². The van der Waals surface area contributed by atoms with Crippen LogP contribution in [-0.2, 0) is 9.59 Å². The summed E-state index contributed by atoms with van der Waals surface area (Å²) < 4.78 is 0. The van der Waals surface area contributed by atoms with Gasteiger partial charge in [0.25, 0.3) is 11.8 Å². The van der Waals surface area contributed by atoms with E-state index in [1.54, 1.807) is 66.7 Å². The number of thiazole rings is 1. The summed E-state index contributed by atoms with van der Waals surface area (Å²) in [5.41, 5.74) is 3.86. The van der Waals surface area contributed by atoms with Gasteiger partial charge in [0.05, 0.1) is 15.7 Å². The standard InChI is InChI=1S/C40H30Cl2N4O3S2/c1-25-35(26-13-5-2-6-14-26)45-40(50-25)46-39(49)36(27-15-7-3-8-16-27)51-31-21-12-20-30(24-31)43-38(48)33(23-29-19-11-22-32(41)34(29)42)44-37(47)28-17-9-4-10-18-28/h2-24,36H,1H3,(H,43,48)(H,44,47)(H,45,46,49)/b33-23+. The quantitative estimate of drug-likeness (QED) is 0.0905. The summed E-state index contributed by atoms with van der Waals surface area (Å²) in [6.07, 6.45) is 1.47. The molecule has 0 spiro atoms.